The summed E-state index contributed by atoms with van der Waals surface area (Å²) < 4.78 is 0. The lowest BCUT2D eigenvalue weighted by Crippen LogP contribution is -2.12. The lowest BCUT2D eigenvalue weighted by atomic mass is 10.1. The Balaban J connectivity index is 3.00. The normalized spacial score (nSPS) is 9.25. The molecule has 0 aromatic heterocycles. The maximum Gasteiger partial charge on any atom is 0.0127 e. The number of rotatable bonds is 2. The van der Waals surface area contributed by atoms with E-state index in [-0.39, 0.29) is 0 Å². The van der Waals surface area contributed by atoms with E-state index in [9.17, 15) is 0 Å². The van der Waals surface area contributed by atoms with Crippen molar-refractivity contribution in [1.82, 2.24) is 0 Å². The maximum atomic E-state index is 5.18. The Morgan fingerprint density at radius 3 is 2.75 bits per heavy atom. The van der Waals surface area contributed by atoms with Crippen LogP contribution >= 0.6 is 0 Å². The van der Waals surface area contributed by atoms with E-state index in [2.05, 4.69) is 19.1 Å². The highest BCUT2D eigenvalue weighted by atomic mass is 14.0. The topological polar surface area (TPSA) is 0 Å². The van der Waals surface area contributed by atoms with Crippen molar-refractivity contribution in [2.75, 3.05) is 0 Å². The summed E-state index contributed by atoms with van der Waals surface area (Å²) in [5.74, 6) is 2.61. The van der Waals surface area contributed by atoms with Gasteiger partial charge in [-0.05, 0) is 22.4 Å². The molecule has 0 heteroatoms. The van der Waals surface area contributed by atoms with Gasteiger partial charge in [0.25, 0.3) is 0 Å². The van der Waals surface area contributed by atoms with Gasteiger partial charge in [-0.1, -0.05) is 31.4 Å². The van der Waals surface area contributed by atoms with Gasteiger partial charge in [0.05, 0.1) is 0 Å². The molecule has 0 saturated heterocycles. The average Bonchev–Trinajstić information content (AvgIpc) is 2.07. The largest absolute Gasteiger partial charge is 0.120 e. The summed E-state index contributed by atoms with van der Waals surface area (Å²) in [6.45, 7) is 7.77. The van der Waals surface area contributed by atoms with Crippen LogP contribution in [0.1, 0.15) is 12.0 Å². The second-order valence-electron chi connectivity index (χ2n) is 2.81. The quantitative estimate of drug-likeness (QED) is 0.562. The van der Waals surface area contributed by atoms with Crippen LogP contribution in [0, 0.1) is 12.3 Å². The van der Waals surface area contributed by atoms with Crippen molar-refractivity contribution in [3.05, 3.63) is 34.2 Å². The van der Waals surface area contributed by atoms with Crippen molar-refractivity contribution in [3.63, 3.8) is 0 Å². The second kappa shape index (κ2) is 3.78. The molecule has 0 amide bonds. The fraction of sp³-hybridized carbons (Fsp3) is 0.167. The molecule has 12 heavy (non-hydrogen) atoms. The highest BCUT2D eigenvalue weighted by Gasteiger charge is 1.91. The molecule has 0 saturated carbocycles. The first-order valence-electron chi connectivity index (χ1n) is 3.94. The molecule has 1 aromatic rings. The third-order valence-electron chi connectivity index (χ3n) is 1.81. The predicted molar refractivity (Wildman–Crippen MR) is 53.9 cm³/mol. The smallest absolute Gasteiger partial charge is 0.0127 e. The molecule has 1 rings (SSSR count). The first kappa shape index (κ1) is 8.62. The highest BCUT2D eigenvalue weighted by Crippen LogP contribution is 1.91. The number of terminal acetylenes is 1. The second-order valence-corrected chi connectivity index (χ2v) is 2.81. The SMILES string of the molecule is C#CCCc1cc(=C)ccc1=C. The first-order valence-corrected chi connectivity index (χ1v) is 3.94. The van der Waals surface area contributed by atoms with Gasteiger partial charge in [-0.2, -0.15) is 0 Å². The third-order valence-corrected chi connectivity index (χ3v) is 1.81. The van der Waals surface area contributed by atoms with Gasteiger partial charge < -0.3 is 0 Å². The molecule has 0 N–H and O–H groups in total. The van der Waals surface area contributed by atoms with E-state index in [0.29, 0.717) is 0 Å². The Kier molecular flexibility index (Phi) is 2.71. The Bertz CT molecular complexity index is 393. The molecule has 0 nitrogen and oxygen atoms in total. The first-order chi connectivity index (χ1) is 5.74. The van der Waals surface area contributed by atoms with Gasteiger partial charge in [0.2, 0.25) is 0 Å². The predicted octanol–water partition coefficient (Wildman–Crippen LogP) is 1.07. The minimum atomic E-state index is 0.770. The number of benzene rings is 1. The summed E-state index contributed by atoms with van der Waals surface area (Å²) in [6, 6.07) is 5.98. The van der Waals surface area contributed by atoms with Crippen LogP contribution in [0.25, 0.3) is 13.2 Å². The Labute approximate surface area is 73.2 Å². The number of hydrogen-bond donors (Lipinski definition) is 0. The van der Waals surface area contributed by atoms with Crippen LogP contribution in [-0.2, 0) is 6.42 Å². The van der Waals surface area contributed by atoms with E-state index in [4.69, 9.17) is 6.42 Å². The van der Waals surface area contributed by atoms with E-state index >= 15 is 0 Å². The van der Waals surface area contributed by atoms with E-state index in [0.717, 1.165) is 23.3 Å². The lowest BCUT2D eigenvalue weighted by molar-refractivity contribution is 1.02. The monoisotopic (exact) mass is 156 g/mol. The zero-order chi connectivity index (χ0) is 8.97. The standard InChI is InChI=1S/C12H12/c1-4-5-6-12-9-10(2)7-8-11(12)3/h1,7-9H,2-3,5-6H2. The summed E-state index contributed by atoms with van der Waals surface area (Å²) in [6.07, 6.45) is 6.85. The molecule has 0 aliphatic rings. The van der Waals surface area contributed by atoms with Crippen LogP contribution in [0.15, 0.2) is 18.2 Å². The van der Waals surface area contributed by atoms with Crippen molar-refractivity contribution >= 4 is 13.2 Å². The van der Waals surface area contributed by atoms with Crippen LogP contribution in [0.5, 0.6) is 0 Å². The summed E-state index contributed by atoms with van der Waals surface area (Å²) >= 11 is 0. The Hall–Kier alpha value is -1.48. The summed E-state index contributed by atoms with van der Waals surface area (Å²) in [5.41, 5.74) is 1.21. The fourth-order valence-electron chi connectivity index (χ4n) is 1.12. The van der Waals surface area contributed by atoms with Crippen LogP contribution in [0.3, 0.4) is 0 Å². The van der Waals surface area contributed by atoms with E-state index in [1.807, 2.05) is 18.2 Å². The number of aryl methyl sites for hydroxylation is 1. The molecule has 60 valence electrons. The van der Waals surface area contributed by atoms with Gasteiger partial charge >= 0.3 is 0 Å². The molecule has 0 fully saturated rings. The zero-order valence-corrected chi connectivity index (χ0v) is 7.14. The molecule has 0 aliphatic carbocycles. The van der Waals surface area contributed by atoms with Crippen LogP contribution < -0.4 is 10.4 Å². The molecule has 0 radical (unpaired) electrons. The molecule has 0 bridgehead atoms. The van der Waals surface area contributed by atoms with Gasteiger partial charge in [0.1, 0.15) is 0 Å². The summed E-state index contributed by atoms with van der Waals surface area (Å²) in [4.78, 5) is 0. The van der Waals surface area contributed by atoms with Crippen LogP contribution in [-0.4, -0.2) is 0 Å². The summed E-state index contributed by atoms with van der Waals surface area (Å²) in [5, 5.41) is 2.08. The number of hydrogen-bond acceptors (Lipinski definition) is 0. The van der Waals surface area contributed by atoms with Crippen LogP contribution in [0.2, 0.25) is 0 Å². The minimum absolute atomic E-state index is 0.770. The molecular weight excluding hydrogens is 144 g/mol. The summed E-state index contributed by atoms with van der Waals surface area (Å²) in [7, 11) is 0. The average molecular weight is 156 g/mol. The van der Waals surface area contributed by atoms with Gasteiger partial charge in [-0.3, -0.25) is 0 Å². The van der Waals surface area contributed by atoms with Crippen molar-refractivity contribution in [2.24, 2.45) is 0 Å². The van der Waals surface area contributed by atoms with Crippen molar-refractivity contribution in [3.8, 4) is 12.3 Å². The van der Waals surface area contributed by atoms with E-state index in [1.165, 1.54) is 5.56 Å². The Morgan fingerprint density at radius 1 is 1.33 bits per heavy atom. The van der Waals surface area contributed by atoms with Gasteiger partial charge in [0.15, 0.2) is 0 Å². The van der Waals surface area contributed by atoms with Gasteiger partial charge in [-0.25, -0.2) is 0 Å². The Morgan fingerprint density at radius 2 is 2.08 bits per heavy atom. The van der Waals surface area contributed by atoms with E-state index in [1.54, 1.807) is 0 Å². The molecule has 0 spiro atoms. The molecule has 0 unspecified atom stereocenters. The zero-order valence-electron chi connectivity index (χ0n) is 7.14. The fourth-order valence-corrected chi connectivity index (χ4v) is 1.12. The minimum Gasteiger partial charge on any atom is -0.120 e. The maximum absolute atomic E-state index is 5.18. The lowest BCUT2D eigenvalue weighted by Gasteiger charge is -1.97. The van der Waals surface area contributed by atoms with Crippen LogP contribution in [0.4, 0.5) is 0 Å². The van der Waals surface area contributed by atoms with Crippen molar-refractivity contribution in [2.45, 2.75) is 12.8 Å². The third kappa shape index (κ3) is 2.00. The van der Waals surface area contributed by atoms with E-state index < -0.39 is 0 Å². The van der Waals surface area contributed by atoms with Gasteiger partial charge in [-0.15, -0.1) is 12.3 Å². The molecule has 0 aliphatic heterocycles. The molecule has 1 aromatic carbocycles. The highest BCUT2D eigenvalue weighted by molar-refractivity contribution is 5.24. The van der Waals surface area contributed by atoms with Crippen molar-refractivity contribution in [1.29, 1.82) is 0 Å². The van der Waals surface area contributed by atoms with Gasteiger partial charge in [0, 0.05) is 6.42 Å². The molecule has 0 heterocycles. The molecular formula is C12H12. The van der Waals surface area contributed by atoms with Crippen molar-refractivity contribution < 1.29 is 0 Å². The molecule has 0 atom stereocenters.